The number of nitriles is 1. The molecule has 4 aromatic rings. The van der Waals surface area contributed by atoms with Gasteiger partial charge in [0.2, 0.25) is 0 Å². The number of nitrogens with zero attached hydrogens (tertiary/aromatic N) is 5. The van der Waals surface area contributed by atoms with Crippen LogP contribution in [0.3, 0.4) is 0 Å². The first-order chi connectivity index (χ1) is 14.6. The standard InChI is InChI=1S/C21H16FN7O/c22-15-3-1-2-13-17(5-7-30-19(13)15)27-21-16(24)11-25-20(28-21)14-10-26-29-6-4-12(9-23)8-18(14)29/h1-4,6,8,10-11,17H,5,7,24H2,(H,25,27,28). The zero-order valence-electron chi connectivity index (χ0n) is 15.7. The van der Waals surface area contributed by atoms with E-state index in [0.29, 0.717) is 47.0 Å². The van der Waals surface area contributed by atoms with E-state index in [-0.39, 0.29) is 11.8 Å². The van der Waals surface area contributed by atoms with Crippen molar-refractivity contribution < 1.29 is 9.13 Å². The molecule has 5 rings (SSSR count). The minimum absolute atomic E-state index is 0.205. The van der Waals surface area contributed by atoms with Gasteiger partial charge in [-0.05, 0) is 18.2 Å². The van der Waals surface area contributed by atoms with Crippen LogP contribution in [0.4, 0.5) is 15.9 Å². The molecule has 1 aliphatic rings. The van der Waals surface area contributed by atoms with Crippen molar-refractivity contribution in [2.24, 2.45) is 0 Å². The molecule has 0 saturated carbocycles. The Bertz CT molecular complexity index is 1310. The molecule has 1 unspecified atom stereocenters. The van der Waals surface area contributed by atoms with Gasteiger partial charge in [0, 0.05) is 18.2 Å². The molecule has 1 aromatic carbocycles. The fraction of sp³-hybridized carbons (Fsp3) is 0.143. The lowest BCUT2D eigenvalue weighted by molar-refractivity contribution is 0.260. The smallest absolute Gasteiger partial charge is 0.165 e. The van der Waals surface area contributed by atoms with E-state index in [4.69, 9.17) is 10.5 Å². The summed E-state index contributed by atoms with van der Waals surface area (Å²) in [5.74, 6) is 0.719. The quantitative estimate of drug-likeness (QED) is 0.541. The number of nitrogen functional groups attached to an aromatic ring is 1. The van der Waals surface area contributed by atoms with Crippen LogP contribution >= 0.6 is 0 Å². The number of pyridine rings is 1. The highest BCUT2D eigenvalue weighted by Crippen LogP contribution is 2.37. The number of para-hydroxylation sites is 1. The van der Waals surface area contributed by atoms with Crippen LogP contribution < -0.4 is 15.8 Å². The fourth-order valence-electron chi connectivity index (χ4n) is 3.56. The second-order valence-electron chi connectivity index (χ2n) is 6.91. The minimum atomic E-state index is -0.394. The Balaban J connectivity index is 1.53. The number of fused-ring (bicyclic) bond motifs is 2. The normalized spacial score (nSPS) is 15.3. The van der Waals surface area contributed by atoms with Crippen molar-refractivity contribution in [3.8, 4) is 23.2 Å². The molecule has 8 nitrogen and oxygen atoms in total. The molecular weight excluding hydrogens is 385 g/mol. The van der Waals surface area contributed by atoms with Gasteiger partial charge in [0.25, 0.3) is 0 Å². The van der Waals surface area contributed by atoms with Gasteiger partial charge in [-0.25, -0.2) is 18.9 Å². The highest BCUT2D eigenvalue weighted by atomic mass is 19.1. The third-order valence-electron chi connectivity index (χ3n) is 5.05. The van der Waals surface area contributed by atoms with Crippen molar-refractivity contribution in [2.45, 2.75) is 12.5 Å². The number of aromatic nitrogens is 4. The van der Waals surface area contributed by atoms with Gasteiger partial charge < -0.3 is 15.8 Å². The Labute approximate surface area is 170 Å². The van der Waals surface area contributed by atoms with E-state index in [1.54, 1.807) is 35.1 Å². The number of hydrogen-bond donors (Lipinski definition) is 2. The maximum atomic E-state index is 14.1. The average molecular weight is 401 g/mol. The number of benzene rings is 1. The van der Waals surface area contributed by atoms with Crippen molar-refractivity contribution in [3.63, 3.8) is 0 Å². The molecule has 0 saturated heterocycles. The summed E-state index contributed by atoms with van der Waals surface area (Å²) in [6.45, 7) is 0.383. The van der Waals surface area contributed by atoms with E-state index in [9.17, 15) is 9.65 Å². The number of nitrogens with one attached hydrogen (secondary N) is 1. The van der Waals surface area contributed by atoms with E-state index in [1.165, 1.54) is 12.3 Å². The van der Waals surface area contributed by atoms with E-state index < -0.39 is 5.82 Å². The number of halogens is 1. The van der Waals surface area contributed by atoms with Gasteiger partial charge in [0.15, 0.2) is 23.2 Å². The summed E-state index contributed by atoms with van der Waals surface area (Å²) in [5, 5.41) is 16.8. The van der Waals surface area contributed by atoms with Crippen molar-refractivity contribution in [1.82, 2.24) is 19.6 Å². The van der Waals surface area contributed by atoms with Crippen LogP contribution in [0.2, 0.25) is 0 Å². The topological polar surface area (TPSA) is 114 Å². The molecule has 1 aliphatic heterocycles. The van der Waals surface area contributed by atoms with Crippen molar-refractivity contribution in [1.29, 1.82) is 5.26 Å². The molecule has 148 valence electrons. The van der Waals surface area contributed by atoms with Gasteiger partial charge in [-0.15, -0.1) is 0 Å². The highest BCUT2D eigenvalue weighted by molar-refractivity contribution is 5.78. The molecule has 4 heterocycles. The molecule has 0 fully saturated rings. The number of rotatable bonds is 3. The van der Waals surface area contributed by atoms with Gasteiger partial charge in [-0.3, -0.25) is 0 Å². The summed E-state index contributed by atoms with van der Waals surface area (Å²) < 4.78 is 21.2. The third-order valence-corrected chi connectivity index (χ3v) is 5.05. The van der Waals surface area contributed by atoms with Gasteiger partial charge in [-0.2, -0.15) is 10.4 Å². The van der Waals surface area contributed by atoms with Crippen molar-refractivity contribution >= 4 is 17.0 Å². The Morgan fingerprint density at radius 1 is 1.30 bits per heavy atom. The molecule has 9 heteroatoms. The Morgan fingerprint density at radius 3 is 3.07 bits per heavy atom. The first-order valence-electron chi connectivity index (χ1n) is 9.32. The molecule has 0 bridgehead atoms. The van der Waals surface area contributed by atoms with Crippen LogP contribution in [0.1, 0.15) is 23.6 Å². The van der Waals surface area contributed by atoms with E-state index in [1.807, 2.05) is 6.07 Å². The molecule has 3 N–H and O–H groups in total. The van der Waals surface area contributed by atoms with Crippen LogP contribution in [0.15, 0.2) is 48.9 Å². The summed E-state index contributed by atoms with van der Waals surface area (Å²) in [6.07, 6.45) is 5.51. The Morgan fingerprint density at radius 2 is 2.20 bits per heavy atom. The van der Waals surface area contributed by atoms with Gasteiger partial charge >= 0.3 is 0 Å². The minimum Gasteiger partial charge on any atom is -0.490 e. The average Bonchev–Trinajstić information content (AvgIpc) is 3.19. The molecule has 0 amide bonds. The van der Waals surface area contributed by atoms with Gasteiger partial charge in [0.1, 0.15) is 0 Å². The number of anilines is 2. The van der Waals surface area contributed by atoms with Crippen LogP contribution in [0.25, 0.3) is 16.9 Å². The molecule has 0 radical (unpaired) electrons. The van der Waals surface area contributed by atoms with Crippen molar-refractivity contribution in [2.75, 3.05) is 17.7 Å². The third kappa shape index (κ3) is 2.95. The van der Waals surface area contributed by atoms with E-state index in [2.05, 4.69) is 26.5 Å². The van der Waals surface area contributed by atoms with Crippen LogP contribution in [-0.2, 0) is 0 Å². The lowest BCUT2D eigenvalue weighted by Crippen LogP contribution is -2.22. The zero-order valence-corrected chi connectivity index (χ0v) is 15.7. The summed E-state index contributed by atoms with van der Waals surface area (Å²) in [4.78, 5) is 8.93. The van der Waals surface area contributed by atoms with E-state index in [0.717, 1.165) is 5.56 Å². The maximum absolute atomic E-state index is 14.1. The number of hydrogen-bond acceptors (Lipinski definition) is 7. The molecule has 3 aromatic heterocycles. The zero-order chi connectivity index (χ0) is 20.7. The molecule has 0 aliphatic carbocycles. The monoisotopic (exact) mass is 401 g/mol. The first-order valence-corrected chi connectivity index (χ1v) is 9.32. The van der Waals surface area contributed by atoms with Gasteiger partial charge in [0.05, 0.1) is 53.4 Å². The molecular formula is C21H16FN7O. The van der Waals surface area contributed by atoms with Crippen LogP contribution in [-0.4, -0.2) is 26.2 Å². The largest absolute Gasteiger partial charge is 0.490 e. The predicted molar refractivity (Wildman–Crippen MR) is 108 cm³/mol. The number of nitrogens with two attached hydrogens (primary N) is 1. The summed E-state index contributed by atoms with van der Waals surface area (Å²) in [7, 11) is 0. The van der Waals surface area contributed by atoms with Crippen LogP contribution in [0.5, 0.6) is 5.75 Å². The lowest BCUT2D eigenvalue weighted by Gasteiger charge is -2.27. The van der Waals surface area contributed by atoms with Crippen LogP contribution in [0, 0.1) is 17.1 Å². The van der Waals surface area contributed by atoms with E-state index >= 15 is 0 Å². The second-order valence-corrected chi connectivity index (χ2v) is 6.91. The Kier molecular flexibility index (Phi) is 4.17. The molecule has 30 heavy (non-hydrogen) atoms. The fourth-order valence-corrected chi connectivity index (χ4v) is 3.56. The lowest BCUT2D eigenvalue weighted by atomic mass is 10.0. The highest BCUT2D eigenvalue weighted by Gasteiger charge is 2.25. The summed E-state index contributed by atoms with van der Waals surface area (Å²) >= 11 is 0. The summed E-state index contributed by atoms with van der Waals surface area (Å²) in [6, 6.07) is 10.2. The predicted octanol–water partition coefficient (Wildman–Crippen LogP) is 3.32. The Hall–Kier alpha value is -4.19. The second kappa shape index (κ2) is 7.00. The molecule has 0 spiro atoms. The van der Waals surface area contributed by atoms with Crippen molar-refractivity contribution in [3.05, 3.63) is 65.9 Å². The van der Waals surface area contributed by atoms with Gasteiger partial charge in [-0.1, -0.05) is 12.1 Å². The summed E-state index contributed by atoms with van der Waals surface area (Å²) in [5.41, 5.74) is 9.10. The number of ether oxygens (including phenoxy) is 1. The SMILES string of the molecule is N#Cc1ccn2ncc(-c3ncc(N)c(NC4CCOc5c(F)cccc54)n3)c2c1. The molecule has 1 atom stereocenters. The maximum Gasteiger partial charge on any atom is 0.165 e. The first kappa shape index (κ1) is 17.9.